The van der Waals surface area contributed by atoms with Gasteiger partial charge >= 0.3 is 6.18 Å². The number of halogens is 3. The number of rotatable bonds is 11. The van der Waals surface area contributed by atoms with E-state index in [0.29, 0.717) is 36.0 Å². The van der Waals surface area contributed by atoms with Gasteiger partial charge in [-0.2, -0.15) is 18.4 Å². The van der Waals surface area contributed by atoms with Crippen LogP contribution in [0.4, 0.5) is 18.9 Å². The van der Waals surface area contributed by atoms with Crippen LogP contribution in [0.1, 0.15) is 29.2 Å². The van der Waals surface area contributed by atoms with Gasteiger partial charge in [0.05, 0.1) is 12.2 Å². The molecule has 0 saturated carbocycles. The van der Waals surface area contributed by atoms with Gasteiger partial charge in [-0.15, -0.1) is 0 Å². The van der Waals surface area contributed by atoms with Gasteiger partial charge < -0.3 is 19.5 Å². The summed E-state index contributed by atoms with van der Waals surface area (Å²) in [6.07, 6.45) is -3.21. The normalized spacial score (nSPS) is 11.4. The molecule has 0 aliphatic rings. The van der Waals surface area contributed by atoms with Crippen molar-refractivity contribution < 1.29 is 32.2 Å². The highest BCUT2D eigenvalue weighted by Crippen LogP contribution is 2.31. The molecule has 9 heteroatoms. The van der Waals surface area contributed by atoms with Crippen LogP contribution in [0.2, 0.25) is 0 Å². The highest BCUT2D eigenvalue weighted by Gasteiger charge is 2.30. The summed E-state index contributed by atoms with van der Waals surface area (Å²) in [5.41, 5.74) is 1.22. The van der Waals surface area contributed by atoms with E-state index in [1.165, 1.54) is 18.2 Å². The monoisotopic (exact) mass is 572 g/mol. The molecule has 6 nitrogen and oxygen atoms in total. The quantitative estimate of drug-likeness (QED) is 0.146. The second-order valence-corrected chi connectivity index (χ2v) is 9.05. The summed E-state index contributed by atoms with van der Waals surface area (Å²) < 4.78 is 56.5. The Balaban J connectivity index is 1.37. The Bertz CT molecular complexity index is 1580. The first-order valence-electron chi connectivity index (χ1n) is 13.0. The van der Waals surface area contributed by atoms with E-state index in [1.54, 1.807) is 30.3 Å². The van der Waals surface area contributed by atoms with Gasteiger partial charge in [0.25, 0.3) is 5.91 Å². The topological polar surface area (TPSA) is 80.6 Å². The molecule has 42 heavy (non-hydrogen) atoms. The van der Waals surface area contributed by atoms with Crippen LogP contribution in [0.3, 0.4) is 0 Å². The van der Waals surface area contributed by atoms with Gasteiger partial charge in [0.2, 0.25) is 0 Å². The van der Waals surface area contributed by atoms with Crippen molar-refractivity contribution in [2.24, 2.45) is 0 Å². The largest absolute Gasteiger partial charge is 0.490 e. The number of nitrogens with one attached hydrogen (secondary N) is 1. The van der Waals surface area contributed by atoms with E-state index in [2.05, 4.69) is 5.32 Å². The number of hydrogen-bond donors (Lipinski definition) is 1. The molecule has 1 amide bonds. The summed E-state index contributed by atoms with van der Waals surface area (Å²) >= 11 is 0. The van der Waals surface area contributed by atoms with Crippen molar-refractivity contribution in [3.05, 3.63) is 125 Å². The van der Waals surface area contributed by atoms with Crippen LogP contribution in [-0.4, -0.2) is 12.5 Å². The fourth-order valence-corrected chi connectivity index (χ4v) is 3.88. The number of benzene rings is 4. The number of carbonyl (C=O) groups excluding carboxylic acids is 1. The van der Waals surface area contributed by atoms with Crippen LogP contribution in [0.15, 0.2) is 103 Å². The lowest BCUT2D eigenvalue weighted by atomic mass is 10.1. The standard InChI is InChI=1S/C33H27F3N2O4/c1-2-40-31-18-25(13-16-30(31)42-21-24-7-4-3-5-8-24)22-41-29-14-11-23(12-15-29)17-26(20-37)32(39)38-28-10-6-9-27(19-28)33(34,35)36/h3-19H,2,21-22H2,1H3,(H,38,39)/b26-17+. The zero-order chi connectivity index (χ0) is 30.0. The van der Waals surface area contributed by atoms with E-state index >= 15 is 0 Å². The number of hydrogen-bond acceptors (Lipinski definition) is 5. The smallest absolute Gasteiger partial charge is 0.416 e. The first-order chi connectivity index (χ1) is 20.2. The highest BCUT2D eigenvalue weighted by atomic mass is 19.4. The van der Waals surface area contributed by atoms with Gasteiger partial charge in [-0.3, -0.25) is 4.79 Å². The van der Waals surface area contributed by atoms with Crippen molar-refractivity contribution in [3.8, 4) is 23.3 Å². The molecule has 214 valence electrons. The Hall–Kier alpha value is -5.23. The molecular formula is C33H27F3N2O4. The Morgan fingerprint density at radius 1 is 0.833 bits per heavy atom. The summed E-state index contributed by atoms with van der Waals surface area (Å²) in [4.78, 5) is 12.5. The molecule has 1 N–H and O–H groups in total. The zero-order valence-electron chi connectivity index (χ0n) is 22.7. The molecule has 4 rings (SSSR count). The molecule has 0 unspecified atom stereocenters. The Kier molecular flexibility index (Phi) is 9.85. The Labute approximate surface area is 241 Å². The number of anilines is 1. The SMILES string of the molecule is CCOc1cc(COc2ccc(/C=C(\C#N)C(=O)Nc3cccc(C(F)(F)F)c3)cc2)ccc1OCc1ccccc1. The van der Waals surface area contributed by atoms with E-state index < -0.39 is 17.6 Å². The summed E-state index contributed by atoms with van der Waals surface area (Å²) in [6.45, 7) is 3.05. The molecule has 0 spiro atoms. The number of nitrogens with zero attached hydrogens (tertiary/aromatic N) is 1. The van der Waals surface area contributed by atoms with Gasteiger partial charge in [0, 0.05) is 5.69 Å². The average Bonchev–Trinajstić information content (AvgIpc) is 2.99. The van der Waals surface area contributed by atoms with Gasteiger partial charge in [-0.05, 0) is 72.2 Å². The summed E-state index contributed by atoms with van der Waals surface area (Å²) in [5, 5.41) is 11.8. The first kappa shape index (κ1) is 29.7. The molecule has 4 aromatic carbocycles. The average molecular weight is 573 g/mol. The van der Waals surface area contributed by atoms with Crippen LogP contribution in [0.5, 0.6) is 17.2 Å². The van der Waals surface area contributed by atoms with Crippen LogP contribution in [0, 0.1) is 11.3 Å². The van der Waals surface area contributed by atoms with E-state index in [9.17, 15) is 23.2 Å². The lowest BCUT2D eigenvalue weighted by molar-refractivity contribution is -0.137. The summed E-state index contributed by atoms with van der Waals surface area (Å²) in [6, 6.07) is 28.1. The summed E-state index contributed by atoms with van der Waals surface area (Å²) in [5.74, 6) is 0.980. The minimum absolute atomic E-state index is 0.0667. The molecule has 0 atom stereocenters. The van der Waals surface area contributed by atoms with E-state index in [0.717, 1.165) is 23.3 Å². The number of nitriles is 1. The Morgan fingerprint density at radius 3 is 2.26 bits per heavy atom. The predicted octanol–water partition coefficient (Wildman–Crippen LogP) is 7.81. The van der Waals surface area contributed by atoms with E-state index in [4.69, 9.17) is 14.2 Å². The second kappa shape index (κ2) is 13.9. The fourth-order valence-electron chi connectivity index (χ4n) is 3.88. The maximum absolute atomic E-state index is 13.0. The lowest BCUT2D eigenvalue weighted by Gasteiger charge is -2.14. The lowest BCUT2D eigenvalue weighted by Crippen LogP contribution is -2.14. The van der Waals surface area contributed by atoms with Crippen molar-refractivity contribution >= 4 is 17.7 Å². The molecule has 0 aromatic heterocycles. The second-order valence-electron chi connectivity index (χ2n) is 9.05. The van der Waals surface area contributed by atoms with Gasteiger partial charge in [-0.1, -0.05) is 54.6 Å². The summed E-state index contributed by atoms with van der Waals surface area (Å²) in [7, 11) is 0. The van der Waals surface area contributed by atoms with Crippen molar-refractivity contribution in [1.29, 1.82) is 5.26 Å². The zero-order valence-corrected chi connectivity index (χ0v) is 22.7. The third kappa shape index (κ3) is 8.38. The van der Waals surface area contributed by atoms with E-state index in [1.807, 2.05) is 55.5 Å². The molecule has 0 aliphatic carbocycles. The van der Waals surface area contributed by atoms with Crippen molar-refractivity contribution in [2.45, 2.75) is 26.3 Å². The molecule has 4 aromatic rings. The first-order valence-corrected chi connectivity index (χ1v) is 13.0. The molecule has 0 saturated heterocycles. The predicted molar refractivity (Wildman–Crippen MR) is 153 cm³/mol. The fraction of sp³-hybridized carbons (Fsp3) is 0.152. The number of amides is 1. The Morgan fingerprint density at radius 2 is 1.57 bits per heavy atom. The molecule has 0 fully saturated rings. The van der Waals surface area contributed by atoms with Gasteiger partial charge in [0.15, 0.2) is 11.5 Å². The number of alkyl halides is 3. The number of ether oxygens (including phenoxy) is 3. The molecule has 0 radical (unpaired) electrons. The third-order valence-corrected chi connectivity index (χ3v) is 5.95. The molecule has 0 heterocycles. The van der Waals surface area contributed by atoms with E-state index in [-0.39, 0.29) is 17.9 Å². The maximum Gasteiger partial charge on any atom is 0.416 e. The van der Waals surface area contributed by atoms with Crippen LogP contribution >= 0.6 is 0 Å². The minimum atomic E-state index is -4.55. The van der Waals surface area contributed by atoms with Crippen LogP contribution < -0.4 is 19.5 Å². The molecular weight excluding hydrogens is 545 g/mol. The minimum Gasteiger partial charge on any atom is -0.490 e. The molecule has 0 aliphatic heterocycles. The maximum atomic E-state index is 13.0. The van der Waals surface area contributed by atoms with Crippen LogP contribution in [-0.2, 0) is 24.2 Å². The highest BCUT2D eigenvalue weighted by molar-refractivity contribution is 6.09. The van der Waals surface area contributed by atoms with Crippen molar-refractivity contribution in [2.75, 3.05) is 11.9 Å². The number of carbonyl (C=O) groups is 1. The van der Waals surface area contributed by atoms with Gasteiger partial charge in [-0.25, -0.2) is 0 Å². The van der Waals surface area contributed by atoms with Crippen LogP contribution in [0.25, 0.3) is 6.08 Å². The van der Waals surface area contributed by atoms with Crippen molar-refractivity contribution in [1.82, 2.24) is 0 Å². The van der Waals surface area contributed by atoms with Gasteiger partial charge in [0.1, 0.15) is 30.6 Å². The molecule has 0 bridgehead atoms. The third-order valence-electron chi connectivity index (χ3n) is 5.95. The van der Waals surface area contributed by atoms with Crippen molar-refractivity contribution in [3.63, 3.8) is 0 Å².